The molecule has 1 aromatic heterocycles. The zero-order valence-corrected chi connectivity index (χ0v) is 53.6. The Balaban J connectivity index is -0.0000000560. The summed E-state index contributed by atoms with van der Waals surface area (Å²) < 4.78 is 18.1. The second kappa shape index (κ2) is 47.4. The number of pyridine rings is 1. The monoisotopic (exact) mass is 1320 g/mol. The van der Waals surface area contributed by atoms with Crippen LogP contribution in [0.4, 0.5) is 4.79 Å². The van der Waals surface area contributed by atoms with Crippen LogP contribution in [0, 0.1) is 29.7 Å². The first-order valence-corrected chi connectivity index (χ1v) is 10.9. The summed E-state index contributed by atoms with van der Waals surface area (Å²) in [5.74, 6) is 0. The Bertz CT molecular complexity index is 973. The molecule has 1 N–H and O–H groups in total. The van der Waals surface area contributed by atoms with E-state index in [0.29, 0.717) is 6.16 Å². The third-order valence-corrected chi connectivity index (χ3v) is 5.83. The maximum absolute atomic E-state index is 12.9. The number of hydrogen-bond donors (Lipinski definition) is 1. The van der Waals surface area contributed by atoms with Crippen molar-refractivity contribution in [3.63, 3.8) is 0 Å². The van der Waals surface area contributed by atoms with E-state index in [1.165, 1.54) is 0 Å². The summed E-state index contributed by atoms with van der Waals surface area (Å²) in [6.45, 7) is 1.88. The van der Waals surface area contributed by atoms with E-state index >= 15 is 0 Å². The van der Waals surface area contributed by atoms with Gasteiger partial charge in [-0.15, -0.1) is 0 Å². The van der Waals surface area contributed by atoms with Crippen molar-refractivity contribution in [1.29, 1.82) is 0 Å². The molecule has 0 aliphatic heterocycles. The Labute approximate surface area is 496 Å². The maximum atomic E-state index is 12.9. The molecule has 3 aromatic rings. The number of alkyl carbamates (subject to hydrolysis) is 1. The summed E-state index contributed by atoms with van der Waals surface area (Å²) in [5.41, 5.74) is 2.68. The zero-order chi connectivity index (χ0) is 18.4. The van der Waals surface area contributed by atoms with Gasteiger partial charge in [-0.3, -0.25) is 4.98 Å². The molecule has 16 heteroatoms. The third-order valence-electron chi connectivity index (χ3n) is 3.99. The summed E-state index contributed by atoms with van der Waals surface area (Å²) in [6, 6.07) is 19.1. The molecular formula is C24H33N2O3PY10-4. The van der Waals surface area contributed by atoms with Crippen molar-refractivity contribution >= 4 is 24.1 Å². The predicted octanol–water partition coefficient (Wildman–Crippen LogP) is 6.39. The predicted molar refractivity (Wildman–Crippen MR) is 129 cm³/mol. The van der Waals surface area contributed by atoms with Crippen LogP contribution in [-0.4, -0.2) is 24.0 Å². The molecule has 0 spiro atoms. The summed E-state index contributed by atoms with van der Waals surface area (Å²) in [5, 5.41) is 3.63. The fourth-order valence-corrected chi connectivity index (χ4v) is 4.27. The van der Waals surface area contributed by atoms with Crippen molar-refractivity contribution in [3.8, 4) is 0 Å². The second-order valence-corrected chi connectivity index (χ2v) is 9.57. The standard InChI is InChI=1S/C20H21N2O3P.4CH3.10Y/c1-26(24,14-18-10-5-9-17-11-6-12-21-19(17)18)15-22-20(23)25-13-16-7-3-2-4-8-16;;;;;;;;;;;;;;/h2-12H,13-15H2,1H3,(H,22,23);4*1H3;;;;;;;;;;/q;4*-1;;;;;;;;;;. The largest absolute Gasteiger partial charge is 0.445 e. The van der Waals surface area contributed by atoms with E-state index in [2.05, 4.69) is 10.3 Å². The first-order chi connectivity index (χ1) is 12.5. The first-order valence-electron chi connectivity index (χ1n) is 8.36. The molecule has 0 aliphatic rings. The number of benzene rings is 2. The molecular weight excluding hydrogens is 1280 g/mol. The molecule has 2 aromatic carbocycles. The average molecular weight is 1320 g/mol. The maximum Gasteiger partial charge on any atom is 0.407 e. The number of ether oxygens (including phenoxy) is 1. The van der Waals surface area contributed by atoms with Crippen LogP contribution in [0.25, 0.3) is 10.9 Å². The number of hydrogen-bond acceptors (Lipinski definition) is 4. The Hall–Kier alpha value is 8.39. The van der Waals surface area contributed by atoms with Crippen LogP contribution in [0.2, 0.25) is 0 Å². The van der Waals surface area contributed by atoms with Gasteiger partial charge in [-0.25, -0.2) is 4.79 Å². The number of nitrogens with zero attached hydrogens (tertiary/aromatic N) is 1. The van der Waals surface area contributed by atoms with E-state index < -0.39 is 13.2 Å². The van der Waals surface area contributed by atoms with Gasteiger partial charge in [0.1, 0.15) is 13.7 Å². The molecule has 5 nitrogen and oxygen atoms in total. The van der Waals surface area contributed by atoms with E-state index in [1.54, 1.807) is 12.9 Å². The molecule has 1 atom stereocenters. The van der Waals surface area contributed by atoms with Gasteiger partial charge < -0.3 is 44.3 Å². The van der Waals surface area contributed by atoms with E-state index in [0.717, 1.165) is 22.0 Å². The van der Waals surface area contributed by atoms with Crippen LogP contribution in [0.3, 0.4) is 0 Å². The van der Waals surface area contributed by atoms with E-state index in [9.17, 15) is 9.36 Å². The fraction of sp³-hybridized carbons (Fsp3) is 0.167. The molecule has 0 fully saturated rings. The summed E-state index contributed by atoms with van der Waals surface area (Å²) in [6.07, 6.45) is 1.63. The number of rotatable bonds is 6. The smallest absolute Gasteiger partial charge is 0.407 e. The van der Waals surface area contributed by atoms with Gasteiger partial charge in [0, 0.05) is 345 Å². The van der Waals surface area contributed by atoms with Gasteiger partial charge in [0.2, 0.25) is 0 Å². The minimum absolute atomic E-state index is 0. The zero-order valence-electron chi connectivity index (χ0n) is 24.4. The summed E-state index contributed by atoms with van der Waals surface area (Å²) in [4.78, 5) is 16.3. The molecule has 0 saturated heterocycles. The van der Waals surface area contributed by atoms with E-state index in [4.69, 9.17) is 4.74 Å². The second-order valence-electron chi connectivity index (χ2n) is 6.34. The Kier molecular flexibility index (Phi) is 97.2. The van der Waals surface area contributed by atoms with E-state index in [-0.39, 0.29) is 370 Å². The third kappa shape index (κ3) is 33.5. The van der Waals surface area contributed by atoms with Crippen LogP contribution in [0.5, 0.6) is 0 Å². The van der Waals surface area contributed by atoms with Gasteiger partial charge in [0.25, 0.3) is 0 Å². The van der Waals surface area contributed by atoms with Gasteiger partial charge in [0.05, 0.1) is 11.8 Å². The van der Waals surface area contributed by atoms with Crippen molar-refractivity contribution in [2.24, 2.45) is 0 Å². The molecule has 0 bridgehead atoms. The number of para-hydroxylation sites is 1. The van der Waals surface area contributed by atoms with Crippen molar-refractivity contribution in [3.05, 3.63) is 108 Å². The van der Waals surface area contributed by atoms with Crippen LogP contribution < -0.4 is 5.32 Å². The quantitative estimate of drug-likeness (QED) is 0.230. The molecule has 196 valence electrons. The fourth-order valence-electron chi connectivity index (χ4n) is 2.72. The normalized spacial score (nSPS) is 8.53. The van der Waals surface area contributed by atoms with E-state index in [1.807, 2.05) is 60.7 Å². The Morgan fingerprint density at radius 3 is 1.77 bits per heavy atom. The molecule has 1 heterocycles. The summed E-state index contributed by atoms with van der Waals surface area (Å²) >= 11 is 0. The SMILES string of the molecule is CP(=O)(CNC(=O)OCc1ccccc1)Cc1cccc2cccnc12.[CH3-].[CH3-].[CH3-].[CH3-].[Y].[Y].[Y].[Y].[Y].[Y].[Y].[Y].[Y].[Y]. The van der Waals surface area contributed by atoms with Gasteiger partial charge in [-0.2, -0.15) is 0 Å². The van der Waals surface area contributed by atoms with Gasteiger partial charge in [-0.05, 0) is 23.9 Å². The van der Waals surface area contributed by atoms with Gasteiger partial charge >= 0.3 is 6.09 Å². The van der Waals surface area contributed by atoms with Crippen LogP contribution >= 0.6 is 7.14 Å². The first kappa shape index (κ1) is 82.1. The van der Waals surface area contributed by atoms with Crippen molar-refractivity contribution < 1.29 is 341 Å². The number of fused-ring (bicyclic) bond motifs is 1. The minimum atomic E-state index is -2.62. The number of carbonyl (C=O) groups is 1. The van der Waals surface area contributed by atoms with Crippen LogP contribution in [0.15, 0.2) is 66.9 Å². The molecule has 3 rings (SSSR count). The van der Waals surface area contributed by atoms with Crippen LogP contribution in [0.1, 0.15) is 11.1 Å². The van der Waals surface area contributed by atoms with Gasteiger partial charge in [0.15, 0.2) is 0 Å². The molecule has 1 amide bonds. The average Bonchev–Trinajstić information content (AvgIpc) is 2.66. The van der Waals surface area contributed by atoms with Crippen molar-refractivity contribution in [2.75, 3.05) is 13.0 Å². The molecule has 1 unspecified atom stereocenters. The Morgan fingerprint density at radius 1 is 0.750 bits per heavy atom. The van der Waals surface area contributed by atoms with Gasteiger partial charge in [-0.1, -0.05) is 54.6 Å². The Morgan fingerprint density at radius 2 is 1.25 bits per heavy atom. The van der Waals surface area contributed by atoms with Crippen molar-refractivity contribution in [2.45, 2.75) is 12.8 Å². The number of amides is 1. The topological polar surface area (TPSA) is 68.3 Å². The molecule has 0 saturated carbocycles. The number of aromatic nitrogens is 1. The minimum Gasteiger partial charge on any atom is -0.445 e. The van der Waals surface area contributed by atoms with Crippen molar-refractivity contribution in [1.82, 2.24) is 10.3 Å². The van der Waals surface area contributed by atoms with Crippen LogP contribution in [-0.2, 0) is 349 Å². The molecule has 10 radical (unpaired) electrons. The number of nitrogens with one attached hydrogen (secondary N) is 1. The molecule has 40 heavy (non-hydrogen) atoms. The molecule has 0 aliphatic carbocycles. The summed E-state index contributed by atoms with van der Waals surface area (Å²) in [7, 11) is -2.62. The number of carbonyl (C=O) groups excluding carboxylic acids is 1.